The normalized spacial score (nSPS) is 15.8. The maximum absolute atomic E-state index is 13.0. The highest BCUT2D eigenvalue weighted by Crippen LogP contribution is 2.32. The molecule has 2 aliphatic heterocycles. The summed E-state index contributed by atoms with van der Waals surface area (Å²) in [5, 5.41) is 3.73. The van der Waals surface area contributed by atoms with Crippen molar-refractivity contribution < 1.29 is 22.8 Å². The predicted molar refractivity (Wildman–Crippen MR) is 116 cm³/mol. The summed E-state index contributed by atoms with van der Waals surface area (Å²) in [6.07, 6.45) is 3.16. The Hall–Kier alpha value is -3.76. The Morgan fingerprint density at radius 2 is 1.88 bits per heavy atom. The Bertz CT molecular complexity index is 1280. The highest BCUT2D eigenvalue weighted by Gasteiger charge is 2.34. The average Bonchev–Trinajstić information content (AvgIpc) is 3.53. The summed E-state index contributed by atoms with van der Waals surface area (Å²) in [6.45, 7) is 2.13. The lowest BCUT2D eigenvalue weighted by Crippen LogP contribution is -2.27. The van der Waals surface area contributed by atoms with Crippen molar-refractivity contribution in [3.63, 3.8) is 0 Å². The summed E-state index contributed by atoms with van der Waals surface area (Å²) >= 11 is 0. The van der Waals surface area contributed by atoms with Gasteiger partial charge in [-0.1, -0.05) is 0 Å². The van der Waals surface area contributed by atoms with E-state index in [9.17, 15) is 22.8 Å². The molecule has 0 saturated carbocycles. The molecule has 3 aromatic rings. The molecule has 2 aliphatic rings. The molecule has 0 N–H and O–H groups in total. The second kappa shape index (κ2) is 8.23. The van der Waals surface area contributed by atoms with Gasteiger partial charge in [0.1, 0.15) is 6.54 Å². The van der Waals surface area contributed by atoms with Gasteiger partial charge >= 0.3 is 6.18 Å². The number of aromatic nitrogens is 4. The van der Waals surface area contributed by atoms with Crippen LogP contribution in [-0.4, -0.2) is 55.7 Å². The summed E-state index contributed by atoms with van der Waals surface area (Å²) in [6, 6.07) is 3.51. The fourth-order valence-corrected chi connectivity index (χ4v) is 4.42. The number of carbonyl (C=O) groups is 2. The number of rotatable bonds is 4. The number of likely N-dealkylation sites (tertiary alicyclic amines) is 1. The van der Waals surface area contributed by atoms with E-state index >= 15 is 0 Å². The number of aryl methyl sites for hydroxylation is 1. The van der Waals surface area contributed by atoms with Crippen LogP contribution in [0.5, 0.6) is 0 Å². The molecule has 0 aromatic carbocycles. The molecular formula is C23H21F3N6O2. The average molecular weight is 470 g/mol. The molecule has 1 saturated heterocycles. The summed E-state index contributed by atoms with van der Waals surface area (Å²) < 4.78 is 38.7. The summed E-state index contributed by atoms with van der Waals surface area (Å²) in [4.78, 5) is 37.8. The molecule has 176 valence electrons. The lowest BCUT2D eigenvalue weighted by molar-refractivity contribution is -0.142. The minimum absolute atomic E-state index is 0.0676. The highest BCUT2D eigenvalue weighted by molar-refractivity contribution is 6.10. The number of fused-ring (bicyclic) bond motifs is 1. The predicted octanol–water partition coefficient (Wildman–Crippen LogP) is 3.61. The van der Waals surface area contributed by atoms with Crippen LogP contribution in [-0.2, 0) is 13.1 Å². The first-order valence-corrected chi connectivity index (χ1v) is 10.9. The van der Waals surface area contributed by atoms with Gasteiger partial charge in [0, 0.05) is 37.2 Å². The van der Waals surface area contributed by atoms with Gasteiger partial charge in [0.05, 0.1) is 40.9 Å². The molecular weight excluding hydrogens is 449 g/mol. The molecule has 5 heterocycles. The maximum atomic E-state index is 13.0. The molecule has 0 atom stereocenters. The summed E-state index contributed by atoms with van der Waals surface area (Å²) in [5.41, 5.74) is 3.60. The van der Waals surface area contributed by atoms with Gasteiger partial charge in [-0.25, -0.2) is 0 Å². The minimum Gasteiger partial charge on any atom is -0.339 e. The van der Waals surface area contributed by atoms with E-state index in [4.69, 9.17) is 0 Å². The van der Waals surface area contributed by atoms with Crippen molar-refractivity contribution >= 4 is 17.5 Å². The SMILES string of the molecule is Cc1cc(-c2cncc(C(=O)N3CCCC3)c2)nc2c1C(=O)N(c1cnn(CC(F)(F)F)c1)C2. The van der Waals surface area contributed by atoms with Crippen molar-refractivity contribution in [1.82, 2.24) is 24.6 Å². The number of hydrogen-bond donors (Lipinski definition) is 0. The molecule has 0 spiro atoms. The Kier molecular flexibility index (Phi) is 5.34. The molecule has 8 nitrogen and oxygen atoms in total. The van der Waals surface area contributed by atoms with Gasteiger partial charge in [0.15, 0.2) is 0 Å². The Morgan fingerprint density at radius 3 is 2.62 bits per heavy atom. The standard InChI is InChI=1S/C23H21F3N6O2/c1-14-6-18(15-7-16(9-27-8-15)21(33)30-4-2-3-5-30)29-19-12-32(22(34)20(14)19)17-10-28-31(11-17)13-23(24,25)26/h6-11H,2-5,12-13H2,1H3. The minimum atomic E-state index is -4.41. The number of hydrogen-bond acceptors (Lipinski definition) is 5. The molecule has 0 radical (unpaired) electrons. The van der Waals surface area contributed by atoms with Gasteiger partial charge in [0.2, 0.25) is 0 Å². The fourth-order valence-electron chi connectivity index (χ4n) is 4.42. The van der Waals surface area contributed by atoms with E-state index < -0.39 is 12.7 Å². The van der Waals surface area contributed by atoms with Crippen LogP contribution >= 0.6 is 0 Å². The maximum Gasteiger partial charge on any atom is 0.408 e. The van der Waals surface area contributed by atoms with E-state index in [0.717, 1.165) is 30.6 Å². The van der Waals surface area contributed by atoms with Crippen LogP contribution in [0.1, 0.15) is 44.8 Å². The quantitative estimate of drug-likeness (QED) is 0.582. The number of pyridine rings is 2. The van der Waals surface area contributed by atoms with Crippen LogP contribution in [0.25, 0.3) is 11.3 Å². The van der Waals surface area contributed by atoms with E-state index in [2.05, 4.69) is 15.1 Å². The summed E-state index contributed by atoms with van der Waals surface area (Å²) in [5.74, 6) is -0.406. The first kappa shape index (κ1) is 22.1. The highest BCUT2D eigenvalue weighted by atomic mass is 19.4. The molecule has 34 heavy (non-hydrogen) atoms. The molecule has 2 amide bonds. The van der Waals surface area contributed by atoms with Crippen LogP contribution in [0.3, 0.4) is 0 Å². The second-order valence-electron chi connectivity index (χ2n) is 8.51. The van der Waals surface area contributed by atoms with Crippen LogP contribution in [0.15, 0.2) is 36.9 Å². The van der Waals surface area contributed by atoms with Crippen molar-refractivity contribution in [1.29, 1.82) is 0 Å². The zero-order valence-corrected chi connectivity index (χ0v) is 18.3. The zero-order valence-electron chi connectivity index (χ0n) is 18.3. The number of alkyl halides is 3. The van der Waals surface area contributed by atoms with Gasteiger partial charge in [-0.05, 0) is 37.5 Å². The second-order valence-corrected chi connectivity index (χ2v) is 8.51. The van der Waals surface area contributed by atoms with Gasteiger partial charge in [0.25, 0.3) is 11.8 Å². The van der Waals surface area contributed by atoms with Gasteiger partial charge < -0.3 is 4.90 Å². The van der Waals surface area contributed by atoms with Crippen molar-refractivity contribution in [3.8, 4) is 11.3 Å². The molecule has 1 fully saturated rings. The third kappa shape index (κ3) is 4.13. The van der Waals surface area contributed by atoms with E-state index in [1.54, 1.807) is 30.2 Å². The van der Waals surface area contributed by atoms with Crippen molar-refractivity contribution in [2.75, 3.05) is 18.0 Å². The third-order valence-electron chi connectivity index (χ3n) is 6.01. The first-order valence-electron chi connectivity index (χ1n) is 10.9. The Balaban J connectivity index is 1.42. The summed E-state index contributed by atoms with van der Waals surface area (Å²) in [7, 11) is 0. The molecule has 0 aliphatic carbocycles. The number of halogens is 3. The molecule has 5 rings (SSSR count). The van der Waals surface area contributed by atoms with Crippen LogP contribution in [0, 0.1) is 6.92 Å². The van der Waals surface area contributed by atoms with E-state index in [-0.39, 0.29) is 24.0 Å². The first-order chi connectivity index (χ1) is 16.2. The van der Waals surface area contributed by atoms with Gasteiger partial charge in [-0.15, -0.1) is 0 Å². The number of amides is 2. The lowest BCUT2D eigenvalue weighted by atomic mass is 10.0. The lowest BCUT2D eigenvalue weighted by Gasteiger charge is -2.15. The third-order valence-corrected chi connectivity index (χ3v) is 6.01. The Labute approximate surface area is 193 Å². The number of carbonyl (C=O) groups excluding carboxylic acids is 2. The molecule has 0 unspecified atom stereocenters. The van der Waals surface area contributed by atoms with E-state index in [1.165, 1.54) is 23.5 Å². The fraction of sp³-hybridized carbons (Fsp3) is 0.348. The van der Waals surface area contributed by atoms with Crippen molar-refractivity contribution in [2.24, 2.45) is 0 Å². The van der Waals surface area contributed by atoms with Crippen molar-refractivity contribution in [2.45, 2.75) is 39.0 Å². The zero-order chi connectivity index (χ0) is 24.0. The largest absolute Gasteiger partial charge is 0.408 e. The molecule has 0 bridgehead atoms. The Morgan fingerprint density at radius 1 is 1.12 bits per heavy atom. The number of nitrogens with zero attached hydrogens (tertiary/aromatic N) is 6. The van der Waals surface area contributed by atoms with E-state index in [1.807, 2.05) is 0 Å². The number of anilines is 1. The topological polar surface area (TPSA) is 84.2 Å². The van der Waals surface area contributed by atoms with Gasteiger partial charge in [-0.3, -0.25) is 29.1 Å². The molecule has 3 aromatic heterocycles. The molecule has 11 heteroatoms. The van der Waals surface area contributed by atoms with Crippen molar-refractivity contribution in [3.05, 3.63) is 59.3 Å². The van der Waals surface area contributed by atoms with Crippen LogP contribution in [0.4, 0.5) is 18.9 Å². The monoisotopic (exact) mass is 470 g/mol. The van der Waals surface area contributed by atoms with Crippen LogP contribution in [0.2, 0.25) is 0 Å². The van der Waals surface area contributed by atoms with Gasteiger partial charge in [-0.2, -0.15) is 18.3 Å². The van der Waals surface area contributed by atoms with E-state index in [0.29, 0.717) is 33.6 Å². The smallest absolute Gasteiger partial charge is 0.339 e. The van der Waals surface area contributed by atoms with Crippen LogP contribution < -0.4 is 4.90 Å².